The predicted molar refractivity (Wildman–Crippen MR) is 106 cm³/mol. The Morgan fingerprint density at radius 3 is 2.29 bits per heavy atom. The van der Waals surface area contributed by atoms with Gasteiger partial charge in [-0.1, -0.05) is 37.3 Å². The number of phenolic OH excluding ortho intramolecular Hbond substituents is 1. The van der Waals surface area contributed by atoms with Gasteiger partial charge in [-0.2, -0.15) is 0 Å². The highest BCUT2D eigenvalue weighted by Gasteiger charge is 2.27. The van der Waals surface area contributed by atoms with Gasteiger partial charge in [0.1, 0.15) is 22.8 Å². The fourth-order valence-corrected chi connectivity index (χ4v) is 3.05. The number of hydrogen-bond donors (Lipinski definition) is 3. The monoisotopic (exact) mass is 433 g/mol. The number of benzene rings is 3. The third-order valence-corrected chi connectivity index (χ3v) is 4.56. The SMILES string of the molecule is CCC(=Nc1c(O)ccc2ccccc12)C(C(=O)O)=C(O)c1cc(F)c(F)c(F)c1F. The molecule has 31 heavy (non-hydrogen) atoms. The Kier molecular flexibility index (Phi) is 5.96. The minimum absolute atomic E-state index is 0.0153. The van der Waals surface area contributed by atoms with E-state index in [2.05, 4.69) is 4.99 Å². The van der Waals surface area contributed by atoms with Gasteiger partial charge in [-0.05, 0) is 23.9 Å². The number of rotatable bonds is 5. The average molecular weight is 433 g/mol. The van der Waals surface area contributed by atoms with Gasteiger partial charge in [-0.25, -0.2) is 27.3 Å². The maximum atomic E-state index is 14.1. The minimum atomic E-state index is -2.20. The van der Waals surface area contributed by atoms with Gasteiger partial charge in [0.25, 0.3) is 0 Å². The van der Waals surface area contributed by atoms with Crippen molar-refractivity contribution < 1.29 is 37.7 Å². The number of carbonyl (C=O) groups is 1. The lowest BCUT2D eigenvalue weighted by Crippen LogP contribution is -2.15. The van der Waals surface area contributed by atoms with E-state index in [1.807, 2.05) is 0 Å². The molecule has 0 unspecified atom stereocenters. The molecule has 0 saturated carbocycles. The van der Waals surface area contributed by atoms with Crippen LogP contribution in [0.2, 0.25) is 0 Å². The molecular formula is C22H15F4NO4. The van der Waals surface area contributed by atoms with Crippen LogP contribution in [0.4, 0.5) is 23.2 Å². The Morgan fingerprint density at radius 1 is 0.968 bits per heavy atom. The molecule has 0 aromatic heterocycles. The average Bonchev–Trinajstić information content (AvgIpc) is 2.75. The molecule has 160 valence electrons. The lowest BCUT2D eigenvalue weighted by molar-refractivity contribution is -0.132. The summed E-state index contributed by atoms with van der Waals surface area (Å²) in [6, 6.07) is 9.84. The Hall–Kier alpha value is -3.88. The van der Waals surface area contributed by atoms with Crippen molar-refractivity contribution in [1.29, 1.82) is 0 Å². The zero-order valence-electron chi connectivity index (χ0n) is 16.0. The van der Waals surface area contributed by atoms with E-state index < -0.39 is 46.1 Å². The van der Waals surface area contributed by atoms with Gasteiger partial charge in [-0.3, -0.25) is 0 Å². The second kappa shape index (κ2) is 8.47. The third-order valence-electron chi connectivity index (χ3n) is 4.56. The third kappa shape index (κ3) is 3.94. The standard InChI is InChI=1S/C22H15F4NO4/c1-2-14(27-20-11-6-4-3-5-10(11)7-8-15(20)28)16(22(30)31)21(29)12-9-13(23)18(25)19(26)17(12)24/h3-9,28-29H,2H2,1H3,(H,30,31). The van der Waals surface area contributed by atoms with Gasteiger partial charge in [0.15, 0.2) is 23.3 Å². The zero-order chi connectivity index (χ0) is 22.9. The van der Waals surface area contributed by atoms with Gasteiger partial charge >= 0.3 is 5.97 Å². The van der Waals surface area contributed by atoms with Crippen LogP contribution in [0.1, 0.15) is 18.9 Å². The Bertz CT molecular complexity index is 1270. The van der Waals surface area contributed by atoms with Crippen LogP contribution in [0, 0.1) is 23.3 Å². The number of carboxylic acid groups (broad SMARTS) is 1. The fourth-order valence-electron chi connectivity index (χ4n) is 3.05. The number of aliphatic imine (C=N–C) groups is 1. The van der Waals surface area contributed by atoms with Crippen molar-refractivity contribution in [1.82, 2.24) is 0 Å². The van der Waals surface area contributed by atoms with Gasteiger partial charge < -0.3 is 15.3 Å². The Morgan fingerprint density at radius 2 is 1.65 bits per heavy atom. The Labute approximate surface area is 173 Å². The molecule has 3 N–H and O–H groups in total. The molecule has 0 radical (unpaired) electrons. The van der Waals surface area contributed by atoms with Crippen LogP contribution in [0.15, 0.2) is 53.0 Å². The summed E-state index contributed by atoms with van der Waals surface area (Å²) in [5, 5.41) is 31.4. The number of nitrogens with zero attached hydrogens (tertiary/aromatic N) is 1. The molecule has 0 aliphatic carbocycles. The van der Waals surface area contributed by atoms with E-state index in [0.29, 0.717) is 10.8 Å². The first-order valence-corrected chi connectivity index (χ1v) is 8.95. The summed E-state index contributed by atoms with van der Waals surface area (Å²) in [7, 11) is 0. The maximum absolute atomic E-state index is 14.1. The lowest BCUT2D eigenvalue weighted by Gasteiger charge is -2.12. The predicted octanol–water partition coefficient (Wildman–Crippen LogP) is 5.64. The summed E-state index contributed by atoms with van der Waals surface area (Å²) >= 11 is 0. The van der Waals surface area contributed by atoms with Crippen molar-refractivity contribution in [2.75, 3.05) is 0 Å². The molecule has 3 rings (SSSR count). The first-order valence-electron chi connectivity index (χ1n) is 8.95. The summed E-state index contributed by atoms with van der Waals surface area (Å²) in [4.78, 5) is 16.0. The van der Waals surface area contributed by atoms with Crippen molar-refractivity contribution in [2.45, 2.75) is 13.3 Å². The normalized spacial score (nSPS) is 12.7. The molecule has 0 aliphatic heterocycles. The number of aliphatic hydroxyl groups excluding tert-OH is 1. The number of phenols is 1. The summed E-state index contributed by atoms with van der Waals surface area (Å²) < 4.78 is 54.6. The molecular weight excluding hydrogens is 418 g/mol. The number of halogens is 4. The van der Waals surface area contributed by atoms with E-state index in [9.17, 15) is 37.7 Å². The van der Waals surface area contributed by atoms with E-state index in [-0.39, 0.29) is 29.6 Å². The van der Waals surface area contributed by atoms with Gasteiger partial charge in [0.05, 0.1) is 11.3 Å². The van der Waals surface area contributed by atoms with Crippen LogP contribution in [0.25, 0.3) is 16.5 Å². The zero-order valence-corrected chi connectivity index (χ0v) is 16.0. The quantitative estimate of drug-likeness (QED) is 0.121. The van der Waals surface area contributed by atoms with Crippen molar-refractivity contribution in [3.05, 3.63) is 76.9 Å². The van der Waals surface area contributed by atoms with Crippen molar-refractivity contribution in [3.8, 4) is 5.75 Å². The molecule has 0 bridgehead atoms. The van der Waals surface area contributed by atoms with E-state index in [1.54, 1.807) is 30.3 Å². The van der Waals surface area contributed by atoms with Crippen molar-refractivity contribution in [3.63, 3.8) is 0 Å². The molecule has 0 heterocycles. The second-order valence-electron chi connectivity index (χ2n) is 6.44. The largest absolute Gasteiger partial charge is 0.506 e. The highest BCUT2D eigenvalue weighted by molar-refractivity contribution is 6.24. The molecule has 0 aliphatic rings. The number of carboxylic acids is 1. The highest BCUT2D eigenvalue weighted by atomic mass is 19.2. The van der Waals surface area contributed by atoms with E-state index in [0.717, 1.165) is 0 Å². The van der Waals surface area contributed by atoms with Crippen molar-refractivity contribution >= 4 is 33.9 Å². The van der Waals surface area contributed by atoms with E-state index in [1.165, 1.54) is 13.0 Å². The number of aromatic hydroxyl groups is 1. The summed E-state index contributed by atoms with van der Waals surface area (Å²) in [5.41, 5.74) is -2.48. The van der Waals surface area contributed by atoms with Crippen LogP contribution in [-0.2, 0) is 4.79 Å². The van der Waals surface area contributed by atoms with Crippen LogP contribution in [0.5, 0.6) is 5.75 Å². The molecule has 5 nitrogen and oxygen atoms in total. The summed E-state index contributed by atoms with van der Waals surface area (Å²) in [6.45, 7) is 1.47. The number of fused-ring (bicyclic) bond motifs is 1. The fraction of sp³-hybridized carbons (Fsp3) is 0.0909. The molecule has 0 spiro atoms. The first kappa shape index (κ1) is 21.8. The van der Waals surface area contributed by atoms with Crippen molar-refractivity contribution in [2.24, 2.45) is 4.99 Å². The van der Waals surface area contributed by atoms with Gasteiger partial charge in [0.2, 0.25) is 0 Å². The molecule has 0 saturated heterocycles. The van der Waals surface area contributed by atoms with Gasteiger partial charge in [-0.15, -0.1) is 0 Å². The van der Waals surface area contributed by atoms with E-state index in [4.69, 9.17) is 0 Å². The molecule has 0 amide bonds. The van der Waals surface area contributed by atoms with Crippen LogP contribution >= 0.6 is 0 Å². The number of aliphatic hydroxyl groups is 1. The highest BCUT2D eigenvalue weighted by Crippen LogP contribution is 2.36. The number of hydrogen-bond acceptors (Lipinski definition) is 4. The maximum Gasteiger partial charge on any atom is 0.341 e. The lowest BCUT2D eigenvalue weighted by atomic mass is 10.0. The number of aliphatic carboxylic acids is 1. The van der Waals surface area contributed by atoms with Gasteiger partial charge in [0, 0.05) is 5.39 Å². The molecule has 0 atom stereocenters. The van der Waals surface area contributed by atoms with Crippen LogP contribution in [0.3, 0.4) is 0 Å². The molecule has 3 aromatic carbocycles. The van der Waals surface area contributed by atoms with Crippen LogP contribution in [-0.4, -0.2) is 27.0 Å². The van der Waals surface area contributed by atoms with Crippen LogP contribution < -0.4 is 0 Å². The second-order valence-corrected chi connectivity index (χ2v) is 6.44. The first-order chi connectivity index (χ1) is 14.7. The Balaban J connectivity index is 2.31. The molecule has 0 fully saturated rings. The smallest absolute Gasteiger partial charge is 0.341 e. The summed E-state index contributed by atoms with van der Waals surface area (Å²) in [6.07, 6.45) is -0.123. The minimum Gasteiger partial charge on any atom is -0.506 e. The summed E-state index contributed by atoms with van der Waals surface area (Å²) in [5.74, 6) is -11.5. The molecule has 9 heteroatoms. The van der Waals surface area contributed by atoms with E-state index >= 15 is 0 Å². The molecule has 3 aromatic rings. The topological polar surface area (TPSA) is 90.1 Å².